The summed E-state index contributed by atoms with van der Waals surface area (Å²) in [5.41, 5.74) is 0. The number of carbonyl (C=O) groups excluding carboxylic acids is 1. The zero-order valence-electron chi connectivity index (χ0n) is 7.72. The van der Waals surface area contributed by atoms with Crippen LogP contribution in [0.2, 0.25) is 0 Å². The van der Waals surface area contributed by atoms with Gasteiger partial charge in [-0.3, -0.25) is 4.79 Å². The van der Waals surface area contributed by atoms with Crippen molar-refractivity contribution < 1.29 is 14.3 Å². The fourth-order valence-electron chi connectivity index (χ4n) is 0.544. The van der Waals surface area contributed by atoms with Crippen molar-refractivity contribution in [3.63, 3.8) is 0 Å². The molecule has 1 N–H and O–H groups in total. The number of ether oxygens (including phenoxy) is 2. The average molecular weight is 173 g/mol. The number of nitrogens with one attached hydrogen (secondary N) is 1. The van der Waals surface area contributed by atoms with E-state index in [1.165, 1.54) is 6.92 Å². The van der Waals surface area contributed by atoms with Crippen molar-refractivity contribution >= 4 is 5.97 Å². The highest BCUT2D eigenvalue weighted by Gasteiger charge is 1.97. The standard InChI is InChI=1S/C8H15NO3/c1-6(2)12-7(3)9-5-11-8(4)10/h6,9H,3,5H2,1-2,4H3. The van der Waals surface area contributed by atoms with Gasteiger partial charge < -0.3 is 14.8 Å². The molecule has 0 atom stereocenters. The van der Waals surface area contributed by atoms with Crippen LogP contribution in [-0.2, 0) is 14.3 Å². The highest BCUT2D eigenvalue weighted by Crippen LogP contribution is 1.94. The zero-order chi connectivity index (χ0) is 9.56. The highest BCUT2D eigenvalue weighted by molar-refractivity contribution is 5.65. The smallest absolute Gasteiger partial charge is 0.304 e. The minimum Gasteiger partial charge on any atom is -0.477 e. The maximum atomic E-state index is 10.3. The topological polar surface area (TPSA) is 47.6 Å². The molecule has 0 saturated heterocycles. The number of hydrogen-bond donors (Lipinski definition) is 1. The predicted octanol–water partition coefficient (Wildman–Crippen LogP) is 0.993. The Morgan fingerprint density at radius 1 is 1.58 bits per heavy atom. The van der Waals surface area contributed by atoms with Crippen molar-refractivity contribution in [1.29, 1.82) is 0 Å². The summed E-state index contributed by atoms with van der Waals surface area (Å²) < 4.78 is 9.74. The third-order valence-electron chi connectivity index (χ3n) is 0.923. The van der Waals surface area contributed by atoms with E-state index in [9.17, 15) is 4.79 Å². The van der Waals surface area contributed by atoms with Crippen LogP contribution in [0, 0.1) is 0 Å². The molecule has 0 radical (unpaired) electrons. The number of hydrogen-bond acceptors (Lipinski definition) is 4. The van der Waals surface area contributed by atoms with Crippen LogP contribution < -0.4 is 5.32 Å². The van der Waals surface area contributed by atoms with Gasteiger partial charge in [-0.05, 0) is 20.4 Å². The first-order valence-corrected chi connectivity index (χ1v) is 3.75. The molecule has 0 rings (SSSR count). The van der Waals surface area contributed by atoms with Crippen LogP contribution in [0.3, 0.4) is 0 Å². The summed E-state index contributed by atoms with van der Waals surface area (Å²) in [6, 6.07) is 0. The van der Waals surface area contributed by atoms with E-state index in [0.29, 0.717) is 5.88 Å². The van der Waals surface area contributed by atoms with Gasteiger partial charge in [-0.2, -0.15) is 0 Å². The van der Waals surface area contributed by atoms with Crippen molar-refractivity contribution in [1.82, 2.24) is 5.32 Å². The van der Waals surface area contributed by atoms with Crippen LogP contribution in [0.15, 0.2) is 12.5 Å². The molecule has 0 spiro atoms. The van der Waals surface area contributed by atoms with Gasteiger partial charge in [-0.15, -0.1) is 0 Å². The van der Waals surface area contributed by atoms with E-state index < -0.39 is 0 Å². The molecule has 0 unspecified atom stereocenters. The van der Waals surface area contributed by atoms with E-state index in [1.807, 2.05) is 13.8 Å². The van der Waals surface area contributed by atoms with Gasteiger partial charge in [0.15, 0.2) is 12.6 Å². The quantitative estimate of drug-likeness (QED) is 0.382. The Labute approximate surface area is 72.5 Å². The second kappa shape index (κ2) is 5.46. The van der Waals surface area contributed by atoms with Gasteiger partial charge in [-0.1, -0.05) is 0 Å². The Kier molecular flexibility index (Phi) is 4.92. The second-order valence-electron chi connectivity index (χ2n) is 2.55. The molecular weight excluding hydrogens is 158 g/mol. The Balaban J connectivity index is 3.38. The van der Waals surface area contributed by atoms with Gasteiger partial charge in [0.1, 0.15) is 0 Å². The van der Waals surface area contributed by atoms with E-state index in [0.717, 1.165) is 0 Å². The van der Waals surface area contributed by atoms with Gasteiger partial charge >= 0.3 is 5.97 Å². The number of esters is 1. The van der Waals surface area contributed by atoms with Crippen molar-refractivity contribution in [3.05, 3.63) is 12.5 Å². The van der Waals surface area contributed by atoms with Gasteiger partial charge in [-0.25, -0.2) is 0 Å². The van der Waals surface area contributed by atoms with Crippen LogP contribution in [-0.4, -0.2) is 18.8 Å². The largest absolute Gasteiger partial charge is 0.477 e. The molecule has 0 aliphatic heterocycles. The predicted molar refractivity (Wildman–Crippen MR) is 45.1 cm³/mol. The van der Waals surface area contributed by atoms with E-state index in [4.69, 9.17) is 4.74 Å². The lowest BCUT2D eigenvalue weighted by molar-refractivity contribution is -0.141. The molecule has 70 valence electrons. The van der Waals surface area contributed by atoms with Gasteiger partial charge in [0.05, 0.1) is 6.10 Å². The van der Waals surface area contributed by atoms with Crippen molar-refractivity contribution in [2.75, 3.05) is 6.73 Å². The summed E-state index contributed by atoms with van der Waals surface area (Å²) in [6.45, 7) is 8.78. The Bertz CT molecular complexity index is 166. The zero-order valence-corrected chi connectivity index (χ0v) is 7.72. The van der Waals surface area contributed by atoms with Crippen LogP contribution in [0.25, 0.3) is 0 Å². The molecule has 0 heterocycles. The molecule has 0 aliphatic carbocycles. The summed E-state index contributed by atoms with van der Waals surface area (Å²) in [5.74, 6) is 0.0751. The molecule has 0 fully saturated rings. The maximum absolute atomic E-state index is 10.3. The molecule has 4 nitrogen and oxygen atoms in total. The molecule has 0 amide bonds. The van der Waals surface area contributed by atoms with Crippen molar-refractivity contribution in [2.24, 2.45) is 0 Å². The molecule has 0 aromatic rings. The second-order valence-corrected chi connectivity index (χ2v) is 2.55. The number of rotatable bonds is 5. The normalized spacial score (nSPS) is 9.33. The van der Waals surface area contributed by atoms with E-state index in [2.05, 4.69) is 16.6 Å². The van der Waals surface area contributed by atoms with Crippen LogP contribution >= 0.6 is 0 Å². The minimum atomic E-state index is -0.333. The molecule has 4 heteroatoms. The fraction of sp³-hybridized carbons (Fsp3) is 0.625. The molecule has 0 aromatic carbocycles. The van der Waals surface area contributed by atoms with Gasteiger partial charge in [0.25, 0.3) is 0 Å². The summed E-state index contributed by atoms with van der Waals surface area (Å²) in [7, 11) is 0. The Morgan fingerprint density at radius 2 is 2.17 bits per heavy atom. The van der Waals surface area contributed by atoms with E-state index in [-0.39, 0.29) is 18.8 Å². The van der Waals surface area contributed by atoms with Crippen molar-refractivity contribution in [2.45, 2.75) is 26.9 Å². The third-order valence-corrected chi connectivity index (χ3v) is 0.923. The van der Waals surface area contributed by atoms with Crippen LogP contribution in [0.5, 0.6) is 0 Å². The summed E-state index contributed by atoms with van der Waals surface area (Å²) in [4.78, 5) is 10.3. The SMILES string of the molecule is C=C(NCOC(C)=O)OC(C)C. The molecular formula is C8H15NO3. The third kappa shape index (κ3) is 6.92. The van der Waals surface area contributed by atoms with E-state index >= 15 is 0 Å². The van der Waals surface area contributed by atoms with Gasteiger partial charge in [0, 0.05) is 6.92 Å². The molecule has 12 heavy (non-hydrogen) atoms. The number of carbonyl (C=O) groups is 1. The highest BCUT2D eigenvalue weighted by atomic mass is 16.6. The van der Waals surface area contributed by atoms with Crippen LogP contribution in [0.1, 0.15) is 20.8 Å². The summed E-state index contributed by atoms with van der Waals surface area (Å²) >= 11 is 0. The van der Waals surface area contributed by atoms with Gasteiger partial charge in [0.2, 0.25) is 0 Å². The monoisotopic (exact) mass is 173 g/mol. The van der Waals surface area contributed by atoms with Crippen LogP contribution in [0.4, 0.5) is 0 Å². The lowest BCUT2D eigenvalue weighted by Gasteiger charge is -2.13. The summed E-state index contributed by atoms with van der Waals surface area (Å²) in [6.07, 6.45) is 0.0716. The molecule has 0 aliphatic rings. The Hall–Kier alpha value is -1.19. The first-order valence-electron chi connectivity index (χ1n) is 3.75. The van der Waals surface area contributed by atoms with Crippen molar-refractivity contribution in [3.8, 4) is 0 Å². The first-order chi connectivity index (χ1) is 5.52. The van der Waals surface area contributed by atoms with E-state index in [1.54, 1.807) is 0 Å². The molecule has 0 aromatic heterocycles. The summed E-state index contributed by atoms with van der Waals surface area (Å²) in [5, 5.41) is 2.69. The molecule has 0 saturated carbocycles. The Morgan fingerprint density at radius 3 is 2.58 bits per heavy atom. The maximum Gasteiger partial charge on any atom is 0.304 e. The molecule has 0 bridgehead atoms. The fourth-order valence-corrected chi connectivity index (χ4v) is 0.544. The lowest BCUT2D eigenvalue weighted by atomic mass is 10.5. The lowest BCUT2D eigenvalue weighted by Crippen LogP contribution is -2.21. The first kappa shape index (κ1) is 10.8. The minimum absolute atomic E-state index is 0.0716. The average Bonchev–Trinajstić information content (AvgIpc) is 1.84.